The van der Waals surface area contributed by atoms with E-state index in [4.69, 9.17) is 4.74 Å². The molecular weight excluding hydrogens is 270 g/mol. The summed E-state index contributed by atoms with van der Waals surface area (Å²) in [5.74, 6) is 1.61. The Labute approximate surface area is 123 Å². The molecule has 2 heterocycles. The highest BCUT2D eigenvalue weighted by Gasteiger charge is 2.21. The van der Waals surface area contributed by atoms with Gasteiger partial charge in [-0.1, -0.05) is 19.8 Å². The topological polar surface area (TPSA) is 47.0 Å². The van der Waals surface area contributed by atoms with Gasteiger partial charge in [0.2, 0.25) is 0 Å². The number of anilines is 1. The van der Waals surface area contributed by atoms with E-state index in [1.807, 2.05) is 5.38 Å². The lowest BCUT2D eigenvalue weighted by atomic mass is 9.88. The number of thiophene rings is 1. The van der Waals surface area contributed by atoms with Crippen molar-refractivity contribution >= 4 is 27.4 Å². The van der Waals surface area contributed by atoms with Gasteiger partial charge in [0.15, 0.2) is 0 Å². The lowest BCUT2D eigenvalue weighted by Gasteiger charge is -2.28. The SMILES string of the molecule is C[C@@H]1CCCC[C@@H]1OCCNc1ncnc2sccc12. The third-order valence-corrected chi connectivity index (χ3v) is 4.84. The van der Waals surface area contributed by atoms with Crippen LogP contribution in [-0.2, 0) is 4.74 Å². The highest BCUT2D eigenvalue weighted by molar-refractivity contribution is 7.16. The zero-order chi connectivity index (χ0) is 13.8. The van der Waals surface area contributed by atoms with Crippen molar-refractivity contribution in [3.63, 3.8) is 0 Å². The van der Waals surface area contributed by atoms with Gasteiger partial charge in [-0.2, -0.15) is 0 Å². The lowest BCUT2D eigenvalue weighted by Crippen LogP contribution is -2.27. The molecule has 2 aromatic heterocycles. The summed E-state index contributed by atoms with van der Waals surface area (Å²) in [6.45, 7) is 3.84. The van der Waals surface area contributed by atoms with Crippen molar-refractivity contribution in [1.82, 2.24) is 9.97 Å². The van der Waals surface area contributed by atoms with Crippen molar-refractivity contribution in [3.05, 3.63) is 17.8 Å². The molecule has 0 aliphatic heterocycles. The molecule has 108 valence electrons. The molecule has 4 nitrogen and oxygen atoms in total. The minimum atomic E-state index is 0.442. The summed E-state index contributed by atoms with van der Waals surface area (Å²) in [6, 6.07) is 2.06. The first-order valence-corrected chi connectivity index (χ1v) is 8.26. The minimum absolute atomic E-state index is 0.442. The first-order valence-electron chi connectivity index (χ1n) is 7.38. The second-order valence-electron chi connectivity index (χ2n) is 5.46. The highest BCUT2D eigenvalue weighted by atomic mass is 32.1. The summed E-state index contributed by atoms with van der Waals surface area (Å²) >= 11 is 1.64. The third-order valence-electron chi connectivity index (χ3n) is 4.02. The fourth-order valence-electron chi connectivity index (χ4n) is 2.84. The van der Waals surface area contributed by atoms with E-state index in [-0.39, 0.29) is 0 Å². The van der Waals surface area contributed by atoms with Gasteiger partial charge in [-0.05, 0) is 30.2 Å². The van der Waals surface area contributed by atoms with Crippen LogP contribution in [0.5, 0.6) is 0 Å². The van der Waals surface area contributed by atoms with Crippen LogP contribution >= 0.6 is 11.3 Å². The maximum absolute atomic E-state index is 6.01. The molecule has 1 aliphatic rings. The minimum Gasteiger partial charge on any atom is -0.376 e. The predicted octanol–water partition coefficient (Wildman–Crippen LogP) is 3.70. The fourth-order valence-corrected chi connectivity index (χ4v) is 3.57. The summed E-state index contributed by atoms with van der Waals surface area (Å²) in [7, 11) is 0. The maximum Gasteiger partial charge on any atom is 0.138 e. The molecule has 0 unspecified atom stereocenters. The summed E-state index contributed by atoms with van der Waals surface area (Å²) in [6.07, 6.45) is 7.24. The van der Waals surface area contributed by atoms with Crippen LogP contribution in [0, 0.1) is 5.92 Å². The Morgan fingerprint density at radius 1 is 1.35 bits per heavy atom. The normalized spacial score (nSPS) is 23.1. The van der Waals surface area contributed by atoms with Crippen molar-refractivity contribution < 1.29 is 4.74 Å². The number of nitrogens with one attached hydrogen (secondary N) is 1. The second-order valence-corrected chi connectivity index (χ2v) is 6.35. The fraction of sp³-hybridized carbons (Fsp3) is 0.600. The van der Waals surface area contributed by atoms with E-state index in [0.717, 1.165) is 29.2 Å². The quantitative estimate of drug-likeness (QED) is 0.853. The first-order chi connectivity index (χ1) is 9.84. The van der Waals surface area contributed by atoms with Gasteiger partial charge in [-0.3, -0.25) is 0 Å². The van der Waals surface area contributed by atoms with Gasteiger partial charge in [-0.15, -0.1) is 11.3 Å². The molecule has 0 saturated heterocycles. The molecule has 5 heteroatoms. The van der Waals surface area contributed by atoms with Crippen LogP contribution in [-0.4, -0.2) is 29.2 Å². The van der Waals surface area contributed by atoms with E-state index >= 15 is 0 Å². The molecule has 1 N–H and O–H groups in total. The number of fused-ring (bicyclic) bond motifs is 1. The zero-order valence-corrected chi connectivity index (χ0v) is 12.7. The number of nitrogens with zero attached hydrogens (tertiary/aromatic N) is 2. The molecule has 0 aromatic carbocycles. The van der Waals surface area contributed by atoms with Crippen LogP contribution in [0.4, 0.5) is 5.82 Å². The number of aromatic nitrogens is 2. The molecule has 0 radical (unpaired) electrons. The van der Waals surface area contributed by atoms with Gasteiger partial charge < -0.3 is 10.1 Å². The van der Waals surface area contributed by atoms with E-state index in [1.165, 1.54) is 25.7 Å². The van der Waals surface area contributed by atoms with Crippen LogP contribution in [0.15, 0.2) is 17.8 Å². The van der Waals surface area contributed by atoms with Gasteiger partial charge in [0.1, 0.15) is 17.0 Å². The van der Waals surface area contributed by atoms with E-state index < -0.39 is 0 Å². The standard InChI is InChI=1S/C15H21N3OS/c1-11-4-2-3-5-13(11)19-8-7-16-14-12-6-9-20-15(12)18-10-17-14/h6,9-11,13H,2-5,7-8H2,1H3,(H,16,17,18)/t11-,13+/m1/s1. The largest absolute Gasteiger partial charge is 0.376 e. The number of hydrogen-bond donors (Lipinski definition) is 1. The first kappa shape index (κ1) is 13.8. The average Bonchev–Trinajstić information content (AvgIpc) is 2.94. The van der Waals surface area contributed by atoms with Gasteiger partial charge in [0, 0.05) is 6.54 Å². The van der Waals surface area contributed by atoms with E-state index in [0.29, 0.717) is 12.0 Å². The van der Waals surface area contributed by atoms with Crippen molar-refractivity contribution in [2.45, 2.75) is 38.7 Å². The number of ether oxygens (including phenoxy) is 1. The molecule has 1 aliphatic carbocycles. The van der Waals surface area contributed by atoms with Gasteiger partial charge in [-0.25, -0.2) is 9.97 Å². The number of rotatable bonds is 5. The van der Waals surface area contributed by atoms with Crippen LogP contribution in [0.1, 0.15) is 32.6 Å². The molecule has 3 rings (SSSR count). The average molecular weight is 291 g/mol. The van der Waals surface area contributed by atoms with Crippen molar-refractivity contribution in [3.8, 4) is 0 Å². The summed E-state index contributed by atoms with van der Waals surface area (Å²) < 4.78 is 6.01. The van der Waals surface area contributed by atoms with Crippen molar-refractivity contribution in [2.24, 2.45) is 5.92 Å². The van der Waals surface area contributed by atoms with Gasteiger partial charge in [0.25, 0.3) is 0 Å². The van der Waals surface area contributed by atoms with Crippen molar-refractivity contribution in [2.75, 3.05) is 18.5 Å². The Hall–Kier alpha value is -1.20. The van der Waals surface area contributed by atoms with Crippen LogP contribution < -0.4 is 5.32 Å². The molecule has 20 heavy (non-hydrogen) atoms. The molecule has 0 spiro atoms. The molecule has 1 fully saturated rings. The summed E-state index contributed by atoms with van der Waals surface area (Å²) in [4.78, 5) is 9.59. The Morgan fingerprint density at radius 2 is 2.25 bits per heavy atom. The predicted molar refractivity (Wildman–Crippen MR) is 83.3 cm³/mol. The molecular formula is C15H21N3OS. The van der Waals surface area contributed by atoms with Gasteiger partial charge in [0.05, 0.1) is 18.1 Å². The Balaban J connectivity index is 1.49. The monoisotopic (exact) mass is 291 g/mol. The third kappa shape index (κ3) is 3.10. The number of hydrogen-bond acceptors (Lipinski definition) is 5. The van der Waals surface area contributed by atoms with E-state index in [2.05, 4.69) is 28.3 Å². The molecule has 0 amide bonds. The zero-order valence-electron chi connectivity index (χ0n) is 11.8. The molecule has 1 saturated carbocycles. The smallest absolute Gasteiger partial charge is 0.138 e. The second kappa shape index (κ2) is 6.50. The maximum atomic E-state index is 6.01. The lowest BCUT2D eigenvalue weighted by molar-refractivity contribution is 0.000380. The molecule has 2 atom stereocenters. The van der Waals surface area contributed by atoms with Crippen LogP contribution in [0.25, 0.3) is 10.2 Å². The van der Waals surface area contributed by atoms with Crippen LogP contribution in [0.2, 0.25) is 0 Å². The van der Waals surface area contributed by atoms with E-state index in [1.54, 1.807) is 17.7 Å². The Bertz CT molecular complexity index is 557. The highest BCUT2D eigenvalue weighted by Crippen LogP contribution is 2.26. The molecule has 2 aromatic rings. The summed E-state index contributed by atoms with van der Waals surface area (Å²) in [5.41, 5.74) is 0. The summed E-state index contributed by atoms with van der Waals surface area (Å²) in [5, 5.41) is 6.51. The molecule has 0 bridgehead atoms. The Morgan fingerprint density at radius 3 is 3.15 bits per heavy atom. The van der Waals surface area contributed by atoms with Crippen molar-refractivity contribution in [1.29, 1.82) is 0 Å². The Kier molecular flexibility index (Phi) is 4.47. The van der Waals surface area contributed by atoms with Gasteiger partial charge >= 0.3 is 0 Å². The van der Waals surface area contributed by atoms with E-state index in [9.17, 15) is 0 Å². The van der Waals surface area contributed by atoms with Crippen LogP contribution in [0.3, 0.4) is 0 Å².